The Balaban J connectivity index is 2.72. The Morgan fingerprint density at radius 3 is 2.64 bits per heavy atom. The van der Waals surface area contributed by atoms with Crippen molar-refractivity contribution in [3.05, 3.63) is 46.6 Å². The molecule has 0 fully saturated rings. The maximum atomic E-state index is 11.4. The first-order valence-electron chi connectivity index (χ1n) is 9.24. The molecular formula is C22H34O3. The molecule has 1 aliphatic carbocycles. The van der Waals surface area contributed by atoms with E-state index in [4.69, 9.17) is 4.74 Å². The first-order chi connectivity index (χ1) is 11.7. The van der Waals surface area contributed by atoms with Gasteiger partial charge in [0.1, 0.15) is 0 Å². The van der Waals surface area contributed by atoms with Gasteiger partial charge in [-0.3, -0.25) is 0 Å². The normalized spacial score (nSPS) is 20.1. The zero-order chi connectivity index (χ0) is 19.0. The Morgan fingerprint density at radius 2 is 2.04 bits per heavy atom. The van der Waals surface area contributed by atoms with Crippen LogP contribution < -0.4 is 0 Å². The van der Waals surface area contributed by atoms with Gasteiger partial charge >= 0.3 is 5.97 Å². The molecule has 1 rings (SSSR count). The van der Waals surface area contributed by atoms with Crippen molar-refractivity contribution < 1.29 is 14.6 Å². The summed E-state index contributed by atoms with van der Waals surface area (Å²) in [5.74, 6) is -0.327. The third kappa shape index (κ3) is 7.03. The molecule has 1 aliphatic rings. The lowest BCUT2D eigenvalue weighted by molar-refractivity contribution is -0.137. The number of allylic oxidation sites excluding steroid dienone is 5. The minimum Gasteiger partial charge on any atom is -0.463 e. The van der Waals surface area contributed by atoms with Crippen LogP contribution in [0.4, 0.5) is 0 Å². The van der Waals surface area contributed by atoms with Gasteiger partial charge in [0.15, 0.2) is 0 Å². The number of hydrogen-bond acceptors (Lipinski definition) is 3. The second-order valence-electron chi connectivity index (χ2n) is 7.63. The van der Waals surface area contributed by atoms with Crippen LogP contribution in [-0.4, -0.2) is 23.8 Å². The van der Waals surface area contributed by atoms with Crippen molar-refractivity contribution >= 4 is 5.97 Å². The molecule has 1 unspecified atom stereocenters. The van der Waals surface area contributed by atoms with Gasteiger partial charge < -0.3 is 9.84 Å². The van der Waals surface area contributed by atoms with Gasteiger partial charge in [0.2, 0.25) is 0 Å². The van der Waals surface area contributed by atoms with Gasteiger partial charge in [0, 0.05) is 6.08 Å². The smallest absolute Gasteiger partial charge is 0.330 e. The number of carbonyl (C=O) groups is 1. The van der Waals surface area contributed by atoms with Gasteiger partial charge in [-0.2, -0.15) is 0 Å². The van der Waals surface area contributed by atoms with Crippen LogP contribution >= 0.6 is 0 Å². The molecule has 25 heavy (non-hydrogen) atoms. The molecule has 0 aliphatic heterocycles. The highest BCUT2D eigenvalue weighted by atomic mass is 16.5. The molecule has 0 spiro atoms. The summed E-state index contributed by atoms with van der Waals surface area (Å²) >= 11 is 0. The third-order valence-electron chi connectivity index (χ3n) is 4.96. The van der Waals surface area contributed by atoms with Crippen molar-refractivity contribution in [3.8, 4) is 0 Å². The molecule has 1 atom stereocenters. The van der Waals surface area contributed by atoms with E-state index in [0.29, 0.717) is 13.0 Å². The van der Waals surface area contributed by atoms with Crippen molar-refractivity contribution in [2.24, 2.45) is 5.41 Å². The Morgan fingerprint density at radius 1 is 1.36 bits per heavy atom. The third-order valence-corrected chi connectivity index (χ3v) is 4.96. The molecule has 0 saturated carbocycles. The first kappa shape index (κ1) is 21.4. The predicted molar refractivity (Wildman–Crippen MR) is 104 cm³/mol. The maximum Gasteiger partial charge on any atom is 0.330 e. The second-order valence-corrected chi connectivity index (χ2v) is 7.63. The SMILES string of the molecule is CCOC(=O)C=C(C)/C=C/C=C(\C)C(O)CC1=C(C)CCCC1(C)C. The summed E-state index contributed by atoms with van der Waals surface area (Å²) in [6.45, 7) is 12.7. The van der Waals surface area contributed by atoms with Crippen LogP contribution in [-0.2, 0) is 9.53 Å². The lowest BCUT2D eigenvalue weighted by Gasteiger charge is -2.35. The molecule has 3 nitrogen and oxygen atoms in total. The van der Waals surface area contributed by atoms with E-state index < -0.39 is 6.10 Å². The molecule has 0 aromatic carbocycles. The average molecular weight is 347 g/mol. The lowest BCUT2D eigenvalue weighted by atomic mass is 9.70. The van der Waals surface area contributed by atoms with Crippen LogP contribution in [0.3, 0.4) is 0 Å². The fraction of sp³-hybridized carbons (Fsp3) is 0.591. The standard InChI is InChI=1S/C22H34O3/c1-7-25-21(24)14-16(2)10-8-11-18(4)20(23)15-19-17(3)12-9-13-22(19,5)6/h8,10-11,14,20,23H,7,9,12-13,15H2,1-6H3/b10-8+,16-14?,18-11+. The Kier molecular flexibility index (Phi) is 8.37. The summed E-state index contributed by atoms with van der Waals surface area (Å²) in [6.07, 6.45) is 10.9. The summed E-state index contributed by atoms with van der Waals surface area (Å²) in [6, 6.07) is 0. The van der Waals surface area contributed by atoms with Crippen LogP contribution in [0.25, 0.3) is 0 Å². The van der Waals surface area contributed by atoms with Gasteiger partial charge in [-0.25, -0.2) is 4.79 Å². The Hall–Kier alpha value is -1.61. The van der Waals surface area contributed by atoms with E-state index in [0.717, 1.165) is 17.6 Å². The van der Waals surface area contributed by atoms with Crippen LogP contribution in [0, 0.1) is 5.41 Å². The number of carbonyl (C=O) groups excluding carboxylic acids is 1. The largest absolute Gasteiger partial charge is 0.463 e. The zero-order valence-electron chi connectivity index (χ0n) is 16.7. The van der Waals surface area contributed by atoms with E-state index in [2.05, 4.69) is 20.8 Å². The minimum absolute atomic E-state index is 0.179. The topological polar surface area (TPSA) is 46.5 Å². The van der Waals surface area contributed by atoms with E-state index in [1.807, 2.05) is 32.1 Å². The summed E-state index contributed by atoms with van der Waals surface area (Å²) in [4.78, 5) is 11.4. The molecule has 0 bridgehead atoms. The number of aliphatic hydroxyl groups excluding tert-OH is 1. The van der Waals surface area contributed by atoms with Crippen LogP contribution in [0.15, 0.2) is 46.6 Å². The van der Waals surface area contributed by atoms with Crippen molar-refractivity contribution in [2.45, 2.75) is 73.3 Å². The molecule has 0 aromatic heterocycles. The fourth-order valence-electron chi connectivity index (χ4n) is 3.36. The van der Waals surface area contributed by atoms with E-state index in [1.165, 1.54) is 30.1 Å². The highest BCUT2D eigenvalue weighted by Crippen LogP contribution is 2.42. The van der Waals surface area contributed by atoms with Crippen LogP contribution in [0.2, 0.25) is 0 Å². The fourth-order valence-corrected chi connectivity index (χ4v) is 3.36. The van der Waals surface area contributed by atoms with E-state index in [1.54, 1.807) is 6.92 Å². The minimum atomic E-state index is -0.471. The van der Waals surface area contributed by atoms with Crippen LogP contribution in [0.1, 0.15) is 67.2 Å². The van der Waals surface area contributed by atoms with Gasteiger partial charge in [0.25, 0.3) is 0 Å². The first-order valence-corrected chi connectivity index (χ1v) is 9.24. The van der Waals surface area contributed by atoms with E-state index in [9.17, 15) is 9.90 Å². The summed E-state index contributed by atoms with van der Waals surface area (Å²) in [5.41, 5.74) is 4.78. The Bertz CT molecular complexity index is 588. The molecule has 0 radical (unpaired) electrons. The molecule has 0 heterocycles. The zero-order valence-corrected chi connectivity index (χ0v) is 16.7. The highest BCUT2D eigenvalue weighted by Gasteiger charge is 2.29. The summed E-state index contributed by atoms with van der Waals surface area (Å²) in [5, 5.41) is 10.6. The van der Waals surface area contributed by atoms with Gasteiger partial charge in [-0.1, -0.05) is 43.2 Å². The van der Waals surface area contributed by atoms with Gasteiger partial charge in [0.05, 0.1) is 12.7 Å². The van der Waals surface area contributed by atoms with Gasteiger partial charge in [-0.05, 0) is 69.9 Å². The molecule has 0 amide bonds. The molecule has 140 valence electrons. The summed E-state index contributed by atoms with van der Waals surface area (Å²) < 4.78 is 4.88. The van der Waals surface area contributed by atoms with E-state index >= 15 is 0 Å². The predicted octanol–water partition coefficient (Wildman–Crippen LogP) is 5.28. The van der Waals surface area contributed by atoms with Crippen molar-refractivity contribution in [1.82, 2.24) is 0 Å². The number of rotatable bonds is 7. The lowest BCUT2D eigenvalue weighted by Crippen LogP contribution is -2.24. The quantitative estimate of drug-likeness (QED) is 0.295. The Labute approximate surface area is 153 Å². The van der Waals surface area contributed by atoms with Crippen molar-refractivity contribution in [2.75, 3.05) is 6.61 Å². The maximum absolute atomic E-state index is 11.4. The molecule has 0 aromatic rings. The van der Waals surface area contributed by atoms with Gasteiger partial charge in [-0.15, -0.1) is 0 Å². The van der Waals surface area contributed by atoms with Crippen molar-refractivity contribution in [1.29, 1.82) is 0 Å². The number of ether oxygens (including phenoxy) is 1. The number of esters is 1. The number of hydrogen-bond donors (Lipinski definition) is 1. The van der Waals surface area contributed by atoms with Crippen molar-refractivity contribution in [3.63, 3.8) is 0 Å². The second kappa shape index (κ2) is 9.76. The van der Waals surface area contributed by atoms with Crippen LogP contribution in [0.5, 0.6) is 0 Å². The average Bonchev–Trinajstić information content (AvgIpc) is 2.50. The molecule has 3 heteroatoms. The summed E-state index contributed by atoms with van der Waals surface area (Å²) in [7, 11) is 0. The molecule has 1 N–H and O–H groups in total. The number of aliphatic hydroxyl groups is 1. The molecule has 0 saturated heterocycles. The highest BCUT2D eigenvalue weighted by molar-refractivity contribution is 5.83. The van der Waals surface area contributed by atoms with E-state index in [-0.39, 0.29) is 11.4 Å². The molecular weight excluding hydrogens is 312 g/mol. The monoisotopic (exact) mass is 346 g/mol.